The van der Waals surface area contributed by atoms with Crippen LogP contribution in [-0.2, 0) is 11.3 Å². The predicted molar refractivity (Wildman–Crippen MR) is 62.1 cm³/mol. The third-order valence-electron chi connectivity index (χ3n) is 2.24. The highest BCUT2D eigenvalue weighted by molar-refractivity contribution is 5.92. The Kier molecular flexibility index (Phi) is 4.34. The first-order valence-electron chi connectivity index (χ1n) is 5.54. The molecule has 0 aliphatic carbocycles. The highest BCUT2D eigenvalue weighted by Gasteiger charge is 2.15. The molecule has 0 atom stereocenters. The summed E-state index contributed by atoms with van der Waals surface area (Å²) in [4.78, 5) is 11.6. The summed E-state index contributed by atoms with van der Waals surface area (Å²) in [7, 11) is 0. The van der Waals surface area contributed by atoms with E-state index in [2.05, 4.69) is 18.9 Å². The first kappa shape index (κ1) is 12.5. The van der Waals surface area contributed by atoms with Gasteiger partial charge in [-0.3, -0.25) is 4.68 Å². The molecule has 0 unspecified atom stereocenters. The minimum absolute atomic E-state index is 0.214. The third kappa shape index (κ3) is 3.25. The van der Waals surface area contributed by atoms with Gasteiger partial charge in [0.15, 0.2) is 5.69 Å². The predicted octanol–water partition coefficient (Wildman–Crippen LogP) is 1.69. The molecular weight excluding hydrogens is 206 g/mol. The SMILES string of the molecule is CCn1cc(N)c(C(=O)OCCC(C)C)n1. The van der Waals surface area contributed by atoms with E-state index in [1.165, 1.54) is 0 Å². The summed E-state index contributed by atoms with van der Waals surface area (Å²) < 4.78 is 6.70. The zero-order valence-electron chi connectivity index (χ0n) is 10.1. The van der Waals surface area contributed by atoms with Crippen LogP contribution >= 0.6 is 0 Å². The van der Waals surface area contributed by atoms with Crippen molar-refractivity contribution in [1.29, 1.82) is 0 Å². The highest BCUT2D eigenvalue weighted by atomic mass is 16.5. The Bertz CT molecular complexity index is 358. The molecule has 0 amide bonds. The standard InChI is InChI=1S/C11H19N3O2/c1-4-14-7-9(12)10(13-14)11(15)16-6-5-8(2)3/h7-8H,4-6,12H2,1-3H3. The summed E-state index contributed by atoms with van der Waals surface area (Å²) in [6.07, 6.45) is 2.49. The van der Waals surface area contributed by atoms with Gasteiger partial charge in [-0.05, 0) is 19.3 Å². The van der Waals surface area contributed by atoms with Crippen LogP contribution in [0.2, 0.25) is 0 Å². The minimum Gasteiger partial charge on any atom is -0.461 e. The Labute approximate surface area is 95.6 Å². The van der Waals surface area contributed by atoms with Gasteiger partial charge in [0, 0.05) is 12.7 Å². The van der Waals surface area contributed by atoms with Crippen LogP contribution in [0.1, 0.15) is 37.7 Å². The van der Waals surface area contributed by atoms with Crippen LogP contribution in [0.4, 0.5) is 5.69 Å². The van der Waals surface area contributed by atoms with Crippen LogP contribution in [0.15, 0.2) is 6.20 Å². The average Bonchev–Trinajstić information content (AvgIpc) is 2.59. The van der Waals surface area contributed by atoms with Crippen molar-refractivity contribution in [3.63, 3.8) is 0 Å². The van der Waals surface area contributed by atoms with E-state index < -0.39 is 5.97 Å². The summed E-state index contributed by atoms with van der Waals surface area (Å²) in [6, 6.07) is 0. The number of aromatic nitrogens is 2. The molecule has 90 valence electrons. The Hall–Kier alpha value is -1.52. The normalized spacial score (nSPS) is 10.8. The smallest absolute Gasteiger partial charge is 0.361 e. The molecule has 0 saturated carbocycles. The molecule has 1 heterocycles. The number of rotatable bonds is 5. The Morgan fingerprint density at radius 3 is 2.81 bits per heavy atom. The second-order valence-corrected chi connectivity index (χ2v) is 4.11. The molecule has 1 aromatic rings. The number of aryl methyl sites for hydroxylation is 1. The monoisotopic (exact) mass is 225 g/mol. The Morgan fingerprint density at radius 1 is 1.62 bits per heavy atom. The number of carbonyl (C=O) groups excluding carboxylic acids is 1. The minimum atomic E-state index is -0.439. The summed E-state index contributed by atoms with van der Waals surface area (Å²) in [5.74, 6) is 0.0729. The van der Waals surface area contributed by atoms with Crippen molar-refractivity contribution in [3.8, 4) is 0 Å². The second-order valence-electron chi connectivity index (χ2n) is 4.11. The zero-order chi connectivity index (χ0) is 12.1. The molecule has 0 spiro atoms. The first-order chi connectivity index (χ1) is 7.54. The highest BCUT2D eigenvalue weighted by Crippen LogP contribution is 2.11. The maximum absolute atomic E-state index is 11.6. The number of carbonyl (C=O) groups is 1. The largest absolute Gasteiger partial charge is 0.461 e. The Balaban J connectivity index is 2.55. The van der Waals surface area contributed by atoms with Gasteiger partial charge in [0.25, 0.3) is 0 Å². The summed E-state index contributed by atoms with van der Waals surface area (Å²) in [5, 5.41) is 4.04. The number of hydrogen-bond acceptors (Lipinski definition) is 4. The fraction of sp³-hybridized carbons (Fsp3) is 0.636. The van der Waals surface area contributed by atoms with E-state index in [4.69, 9.17) is 10.5 Å². The Morgan fingerprint density at radius 2 is 2.31 bits per heavy atom. The molecule has 0 aliphatic heterocycles. The first-order valence-corrected chi connectivity index (χ1v) is 5.54. The molecule has 16 heavy (non-hydrogen) atoms. The topological polar surface area (TPSA) is 70.1 Å². The molecule has 5 nitrogen and oxygen atoms in total. The van der Waals surface area contributed by atoms with Crippen LogP contribution in [-0.4, -0.2) is 22.4 Å². The maximum Gasteiger partial charge on any atom is 0.361 e. The molecule has 1 rings (SSSR count). The van der Waals surface area contributed by atoms with E-state index >= 15 is 0 Å². The molecular formula is C11H19N3O2. The average molecular weight is 225 g/mol. The van der Waals surface area contributed by atoms with Gasteiger partial charge in [-0.25, -0.2) is 4.79 Å². The van der Waals surface area contributed by atoms with Crippen molar-refractivity contribution in [1.82, 2.24) is 9.78 Å². The molecule has 0 fully saturated rings. The van der Waals surface area contributed by atoms with Crippen molar-refractivity contribution < 1.29 is 9.53 Å². The van der Waals surface area contributed by atoms with Crippen LogP contribution in [0.25, 0.3) is 0 Å². The number of esters is 1. The molecule has 5 heteroatoms. The quantitative estimate of drug-likeness (QED) is 0.774. The lowest BCUT2D eigenvalue weighted by atomic mass is 10.1. The molecule has 0 aliphatic rings. The van der Waals surface area contributed by atoms with Crippen molar-refractivity contribution >= 4 is 11.7 Å². The van der Waals surface area contributed by atoms with E-state index in [0.717, 1.165) is 6.42 Å². The van der Waals surface area contributed by atoms with Crippen LogP contribution < -0.4 is 5.73 Å². The van der Waals surface area contributed by atoms with Crippen LogP contribution in [0.3, 0.4) is 0 Å². The molecule has 1 aromatic heterocycles. The summed E-state index contributed by atoms with van der Waals surface area (Å²) in [5.41, 5.74) is 6.25. The van der Waals surface area contributed by atoms with Gasteiger partial charge in [0.1, 0.15) is 0 Å². The maximum atomic E-state index is 11.6. The van der Waals surface area contributed by atoms with Gasteiger partial charge in [0.05, 0.1) is 12.3 Å². The molecule has 0 aromatic carbocycles. The van der Waals surface area contributed by atoms with Gasteiger partial charge in [-0.1, -0.05) is 13.8 Å². The third-order valence-corrected chi connectivity index (χ3v) is 2.24. The number of anilines is 1. The number of hydrogen-bond donors (Lipinski definition) is 1. The van der Waals surface area contributed by atoms with Gasteiger partial charge in [-0.15, -0.1) is 0 Å². The summed E-state index contributed by atoms with van der Waals surface area (Å²) >= 11 is 0. The van der Waals surface area contributed by atoms with Crippen LogP contribution in [0, 0.1) is 5.92 Å². The lowest BCUT2D eigenvalue weighted by Gasteiger charge is -2.05. The van der Waals surface area contributed by atoms with Crippen molar-refractivity contribution in [2.45, 2.75) is 33.7 Å². The lowest BCUT2D eigenvalue weighted by Crippen LogP contribution is -2.11. The van der Waals surface area contributed by atoms with Crippen molar-refractivity contribution in [2.75, 3.05) is 12.3 Å². The number of nitrogens with two attached hydrogens (primary N) is 1. The van der Waals surface area contributed by atoms with E-state index in [0.29, 0.717) is 24.8 Å². The fourth-order valence-corrected chi connectivity index (χ4v) is 1.21. The van der Waals surface area contributed by atoms with Crippen molar-refractivity contribution in [2.24, 2.45) is 5.92 Å². The summed E-state index contributed by atoms with van der Waals surface area (Å²) in [6.45, 7) is 7.18. The van der Waals surface area contributed by atoms with Crippen molar-refractivity contribution in [3.05, 3.63) is 11.9 Å². The molecule has 0 bridgehead atoms. The molecule has 0 radical (unpaired) electrons. The van der Waals surface area contributed by atoms with Crippen LogP contribution in [0.5, 0.6) is 0 Å². The fourth-order valence-electron chi connectivity index (χ4n) is 1.21. The second kappa shape index (κ2) is 5.53. The molecule has 2 N–H and O–H groups in total. The number of nitrogen functional groups attached to an aromatic ring is 1. The lowest BCUT2D eigenvalue weighted by molar-refractivity contribution is 0.0481. The van der Waals surface area contributed by atoms with Gasteiger partial charge in [-0.2, -0.15) is 5.10 Å². The van der Waals surface area contributed by atoms with E-state index in [9.17, 15) is 4.79 Å². The van der Waals surface area contributed by atoms with Gasteiger partial charge in [0.2, 0.25) is 0 Å². The number of ether oxygens (including phenoxy) is 1. The van der Waals surface area contributed by atoms with E-state index in [1.54, 1.807) is 10.9 Å². The van der Waals surface area contributed by atoms with E-state index in [1.807, 2.05) is 6.92 Å². The molecule has 0 saturated heterocycles. The van der Waals surface area contributed by atoms with Gasteiger partial charge < -0.3 is 10.5 Å². The van der Waals surface area contributed by atoms with Gasteiger partial charge >= 0.3 is 5.97 Å². The van der Waals surface area contributed by atoms with E-state index in [-0.39, 0.29) is 5.69 Å². The zero-order valence-corrected chi connectivity index (χ0v) is 10.1. The number of nitrogens with zero attached hydrogens (tertiary/aromatic N) is 2.